The molecule has 1 rings (SSSR count). The lowest BCUT2D eigenvalue weighted by molar-refractivity contribution is -0.118. The molecule has 1 aromatic carbocycles. The number of anilines is 1. The monoisotopic (exact) mass is 451 g/mol. The van der Waals surface area contributed by atoms with Crippen LogP contribution in [0.15, 0.2) is 65.4 Å². The zero-order valence-electron chi connectivity index (χ0n) is 22.4. The van der Waals surface area contributed by atoms with Crippen LogP contribution in [-0.2, 0) is 4.79 Å². The highest BCUT2D eigenvalue weighted by atomic mass is 16.1. The summed E-state index contributed by atoms with van der Waals surface area (Å²) in [5, 5.41) is 2.99. The molecule has 4 heteroatoms. The Morgan fingerprint density at radius 3 is 2.12 bits per heavy atom. The molecule has 3 N–H and O–H groups in total. The number of hydrogen-bond donors (Lipinski definition) is 3. The first kappa shape index (κ1) is 32.2. The molecule has 0 saturated heterocycles. The van der Waals surface area contributed by atoms with E-state index in [0.717, 1.165) is 34.5 Å². The lowest BCUT2D eigenvalue weighted by atomic mass is 9.93. The fourth-order valence-corrected chi connectivity index (χ4v) is 2.78. The number of allylic oxidation sites excluding steroid dienone is 6. The third-order valence-electron chi connectivity index (χ3n) is 4.55. The minimum absolute atomic E-state index is 0.0432. The lowest BCUT2D eigenvalue weighted by Gasteiger charge is -2.15. The van der Waals surface area contributed by atoms with Crippen LogP contribution >= 0.6 is 0 Å². The van der Waals surface area contributed by atoms with E-state index in [1.807, 2.05) is 98.0 Å². The number of rotatable bonds is 9. The summed E-state index contributed by atoms with van der Waals surface area (Å²) in [6, 6.07) is 7.89. The molecule has 0 fully saturated rings. The highest BCUT2D eigenvalue weighted by molar-refractivity contribution is 5.94. The molecule has 0 aliphatic rings. The van der Waals surface area contributed by atoms with Crippen molar-refractivity contribution in [2.45, 2.75) is 69.2 Å². The van der Waals surface area contributed by atoms with Crippen molar-refractivity contribution in [3.63, 3.8) is 0 Å². The van der Waals surface area contributed by atoms with Crippen molar-refractivity contribution in [1.29, 1.82) is 0 Å². The zero-order chi connectivity index (χ0) is 25.8. The third kappa shape index (κ3) is 12.0. The Hall–Kier alpha value is -3.03. The number of hydrazine groups is 1. The number of carbonyl (C=O) groups excluding carboxylic acids is 1. The van der Waals surface area contributed by atoms with Gasteiger partial charge in [0.25, 0.3) is 0 Å². The maximum Gasteiger partial charge on any atom is 0.231 e. The average molecular weight is 452 g/mol. The summed E-state index contributed by atoms with van der Waals surface area (Å²) in [6.45, 7) is 20.8. The molecule has 1 atom stereocenters. The fourth-order valence-electron chi connectivity index (χ4n) is 2.78. The predicted molar refractivity (Wildman–Crippen MR) is 147 cm³/mol. The van der Waals surface area contributed by atoms with Gasteiger partial charge < -0.3 is 10.7 Å². The number of hydrogen-bond acceptors (Lipinski definition) is 3. The molecule has 0 heterocycles. The van der Waals surface area contributed by atoms with Gasteiger partial charge in [-0.15, -0.1) is 6.42 Å². The van der Waals surface area contributed by atoms with Gasteiger partial charge in [0.1, 0.15) is 0 Å². The van der Waals surface area contributed by atoms with Crippen LogP contribution in [0.3, 0.4) is 0 Å². The van der Waals surface area contributed by atoms with Crippen LogP contribution < -0.4 is 16.2 Å². The first-order valence-corrected chi connectivity index (χ1v) is 11.9. The van der Waals surface area contributed by atoms with Crippen molar-refractivity contribution in [3.8, 4) is 12.3 Å². The molecule has 33 heavy (non-hydrogen) atoms. The predicted octanol–water partition coefficient (Wildman–Crippen LogP) is 7.26. The summed E-state index contributed by atoms with van der Waals surface area (Å²) in [4.78, 5) is 12.5. The van der Waals surface area contributed by atoms with Gasteiger partial charge in [0.05, 0.1) is 5.92 Å². The van der Waals surface area contributed by atoms with E-state index in [2.05, 4.69) is 35.9 Å². The van der Waals surface area contributed by atoms with Crippen molar-refractivity contribution in [3.05, 3.63) is 71.0 Å². The first-order chi connectivity index (χ1) is 15.8. The third-order valence-corrected chi connectivity index (χ3v) is 4.55. The molecule has 0 bridgehead atoms. The summed E-state index contributed by atoms with van der Waals surface area (Å²) in [5.74, 6) is 2.26. The van der Waals surface area contributed by atoms with Crippen LogP contribution in [0.1, 0.15) is 74.8 Å². The van der Waals surface area contributed by atoms with Crippen LogP contribution in [0.2, 0.25) is 0 Å². The van der Waals surface area contributed by atoms with Gasteiger partial charge in [-0.2, -0.15) is 0 Å². The maximum absolute atomic E-state index is 12.5. The quantitative estimate of drug-likeness (QED) is 0.160. The van der Waals surface area contributed by atoms with E-state index in [9.17, 15) is 4.79 Å². The van der Waals surface area contributed by atoms with E-state index in [4.69, 9.17) is 6.42 Å². The van der Waals surface area contributed by atoms with Gasteiger partial charge in [0, 0.05) is 18.4 Å². The largest absolute Gasteiger partial charge is 0.329 e. The Balaban J connectivity index is 0. The molecule has 1 aromatic rings. The number of nitrogens with one attached hydrogen (secondary N) is 3. The van der Waals surface area contributed by atoms with Crippen molar-refractivity contribution >= 4 is 17.2 Å². The van der Waals surface area contributed by atoms with E-state index < -0.39 is 0 Å². The Labute approximate surface area is 203 Å². The molecular weight excluding hydrogens is 406 g/mol. The van der Waals surface area contributed by atoms with Crippen molar-refractivity contribution < 1.29 is 4.79 Å². The summed E-state index contributed by atoms with van der Waals surface area (Å²) < 4.78 is 0. The molecule has 4 nitrogen and oxygen atoms in total. The second-order valence-electron chi connectivity index (χ2n) is 6.97. The zero-order valence-corrected chi connectivity index (χ0v) is 22.4. The van der Waals surface area contributed by atoms with Crippen LogP contribution in [0, 0.1) is 18.3 Å². The van der Waals surface area contributed by atoms with Crippen LogP contribution in [0.4, 0.5) is 5.69 Å². The summed E-state index contributed by atoms with van der Waals surface area (Å²) in [5.41, 5.74) is 12.2. The second-order valence-corrected chi connectivity index (χ2v) is 6.97. The van der Waals surface area contributed by atoms with Gasteiger partial charge in [-0.05, 0) is 81.2 Å². The minimum atomic E-state index is -0.238. The Bertz CT molecular complexity index is 846. The average Bonchev–Trinajstić information content (AvgIpc) is 2.84. The van der Waals surface area contributed by atoms with E-state index in [1.165, 1.54) is 5.57 Å². The number of benzene rings is 1. The molecule has 0 spiro atoms. The standard InChI is InChI=1S/C25H33N3O.2C2H6/c1-8-11-12-21(9-2)24(18(4)5)22-13-15-23(16-14-22)28-25(29)20(7)19(6)17-27-26-10-3;2*1-2/h1,9,11-17,20,26-27H,10H2,2-7H3,(H,28,29);2*1-2H3/b12-11-,19-17-,21-9+;;. The molecule has 0 aliphatic carbocycles. The summed E-state index contributed by atoms with van der Waals surface area (Å²) >= 11 is 0. The van der Waals surface area contributed by atoms with Gasteiger partial charge in [-0.25, -0.2) is 5.43 Å². The number of terminal acetylenes is 1. The SMILES string of the molecule is C#C/C=C\C(=C/C)C(=C(C)C)c1ccc(NC(=O)C(C)/C(C)=C\NNCC)cc1.CC.CC. The highest BCUT2D eigenvalue weighted by Crippen LogP contribution is 2.29. The van der Waals surface area contributed by atoms with Crippen molar-refractivity contribution in [1.82, 2.24) is 10.9 Å². The highest BCUT2D eigenvalue weighted by Gasteiger charge is 2.15. The van der Waals surface area contributed by atoms with Crippen LogP contribution in [0.25, 0.3) is 5.57 Å². The van der Waals surface area contributed by atoms with Crippen LogP contribution in [-0.4, -0.2) is 12.5 Å². The van der Waals surface area contributed by atoms with Gasteiger partial charge in [-0.3, -0.25) is 4.79 Å². The van der Waals surface area contributed by atoms with Crippen molar-refractivity contribution in [2.75, 3.05) is 11.9 Å². The second kappa shape index (κ2) is 19.6. The normalized spacial score (nSPS) is 11.8. The number of amides is 1. The van der Waals surface area contributed by atoms with Crippen LogP contribution in [0.5, 0.6) is 0 Å². The topological polar surface area (TPSA) is 53.2 Å². The van der Waals surface area contributed by atoms with Gasteiger partial charge in [-0.1, -0.05) is 64.3 Å². The smallest absolute Gasteiger partial charge is 0.231 e. The van der Waals surface area contributed by atoms with E-state index in [0.29, 0.717) is 0 Å². The number of carbonyl (C=O) groups is 1. The minimum Gasteiger partial charge on any atom is -0.329 e. The molecular formula is C29H45N3O. The van der Waals surface area contributed by atoms with E-state index in [-0.39, 0.29) is 11.8 Å². The molecule has 0 aromatic heterocycles. The van der Waals surface area contributed by atoms with E-state index in [1.54, 1.807) is 6.08 Å². The Morgan fingerprint density at radius 1 is 1.09 bits per heavy atom. The Kier molecular flexibility index (Phi) is 19.1. The Morgan fingerprint density at radius 2 is 1.67 bits per heavy atom. The summed E-state index contributed by atoms with van der Waals surface area (Å²) in [7, 11) is 0. The fraction of sp³-hybridized carbons (Fsp3) is 0.414. The summed E-state index contributed by atoms with van der Waals surface area (Å²) in [6.07, 6.45) is 12.9. The van der Waals surface area contributed by atoms with Gasteiger partial charge in [0.2, 0.25) is 5.91 Å². The van der Waals surface area contributed by atoms with E-state index >= 15 is 0 Å². The molecule has 182 valence electrons. The van der Waals surface area contributed by atoms with Gasteiger partial charge in [0.15, 0.2) is 0 Å². The van der Waals surface area contributed by atoms with Crippen molar-refractivity contribution in [2.24, 2.45) is 5.92 Å². The first-order valence-electron chi connectivity index (χ1n) is 11.9. The molecule has 0 aliphatic heterocycles. The molecule has 0 radical (unpaired) electrons. The molecule has 1 unspecified atom stereocenters. The molecule has 0 saturated carbocycles. The maximum atomic E-state index is 12.5. The molecule has 1 amide bonds. The van der Waals surface area contributed by atoms with Gasteiger partial charge >= 0.3 is 0 Å². The lowest BCUT2D eigenvalue weighted by Crippen LogP contribution is -2.28.